The number of allylic oxidation sites excluding steroid dienone is 2. The van der Waals surface area contributed by atoms with E-state index in [-0.39, 0.29) is 5.82 Å². The lowest BCUT2D eigenvalue weighted by molar-refractivity contribution is 0.115. The van der Waals surface area contributed by atoms with Crippen molar-refractivity contribution in [1.82, 2.24) is 0 Å². The van der Waals surface area contributed by atoms with Crippen LogP contribution in [-0.4, -0.2) is 6.61 Å². The van der Waals surface area contributed by atoms with Gasteiger partial charge in [-0.15, -0.1) is 6.58 Å². The molecule has 0 amide bonds. The SMILES string of the molecule is C=CCCC1CCC2CC(c3ccc(-c4ccc(OC/C=C/C)cc4F)cc3)CCC2C1. The van der Waals surface area contributed by atoms with E-state index in [0.29, 0.717) is 23.8 Å². The van der Waals surface area contributed by atoms with Gasteiger partial charge in [0.2, 0.25) is 0 Å². The Balaban J connectivity index is 1.37. The first-order chi connectivity index (χ1) is 15.7. The molecule has 32 heavy (non-hydrogen) atoms. The summed E-state index contributed by atoms with van der Waals surface area (Å²) in [4.78, 5) is 0. The quantitative estimate of drug-likeness (QED) is 0.379. The summed E-state index contributed by atoms with van der Waals surface area (Å²) in [7, 11) is 0. The van der Waals surface area contributed by atoms with Crippen LogP contribution in [0.15, 0.2) is 67.3 Å². The Morgan fingerprint density at radius 2 is 1.78 bits per heavy atom. The van der Waals surface area contributed by atoms with Crippen LogP contribution in [0, 0.1) is 23.6 Å². The fourth-order valence-corrected chi connectivity index (χ4v) is 5.90. The molecule has 0 heterocycles. The molecular weight excluding hydrogens is 395 g/mol. The van der Waals surface area contributed by atoms with E-state index in [4.69, 9.17) is 4.74 Å². The summed E-state index contributed by atoms with van der Waals surface area (Å²) in [6.45, 7) is 6.29. The van der Waals surface area contributed by atoms with Crippen molar-refractivity contribution in [1.29, 1.82) is 0 Å². The lowest BCUT2D eigenvalue weighted by Gasteiger charge is -2.42. The Labute approximate surface area is 193 Å². The average Bonchev–Trinajstić information content (AvgIpc) is 2.83. The van der Waals surface area contributed by atoms with Crippen molar-refractivity contribution in [2.24, 2.45) is 17.8 Å². The van der Waals surface area contributed by atoms with Gasteiger partial charge in [0.05, 0.1) is 0 Å². The summed E-state index contributed by atoms with van der Waals surface area (Å²) in [6.07, 6.45) is 16.6. The molecule has 2 aliphatic rings. The van der Waals surface area contributed by atoms with Crippen LogP contribution in [-0.2, 0) is 0 Å². The van der Waals surface area contributed by atoms with Crippen LogP contribution in [0.4, 0.5) is 4.39 Å². The van der Waals surface area contributed by atoms with Gasteiger partial charge in [-0.3, -0.25) is 0 Å². The van der Waals surface area contributed by atoms with Gasteiger partial charge < -0.3 is 4.74 Å². The van der Waals surface area contributed by atoms with Crippen LogP contribution < -0.4 is 4.74 Å². The first-order valence-electron chi connectivity index (χ1n) is 12.4. The van der Waals surface area contributed by atoms with E-state index in [1.807, 2.05) is 31.2 Å². The van der Waals surface area contributed by atoms with Gasteiger partial charge in [-0.05, 0) is 98.8 Å². The molecule has 0 spiro atoms. The Hall–Kier alpha value is -2.35. The monoisotopic (exact) mass is 432 g/mol. The average molecular weight is 433 g/mol. The minimum atomic E-state index is -0.232. The molecule has 4 rings (SSSR count). The van der Waals surface area contributed by atoms with Gasteiger partial charge in [0.25, 0.3) is 0 Å². The number of halogens is 1. The molecule has 0 N–H and O–H groups in total. The van der Waals surface area contributed by atoms with Crippen LogP contribution in [0.3, 0.4) is 0 Å². The third kappa shape index (κ3) is 5.52. The van der Waals surface area contributed by atoms with Crippen molar-refractivity contribution in [3.8, 4) is 16.9 Å². The van der Waals surface area contributed by atoms with Gasteiger partial charge in [0, 0.05) is 11.6 Å². The normalized spacial score (nSPS) is 25.4. The van der Waals surface area contributed by atoms with E-state index in [1.54, 1.807) is 0 Å². The molecule has 170 valence electrons. The summed E-state index contributed by atoms with van der Waals surface area (Å²) in [6, 6.07) is 13.8. The second kappa shape index (κ2) is 11.0. The molecule has 1 nitrogen and oxygen atoms in total. The van der Waals surface area contributed by atoms with Crippen molar-refractivity contribution in [3.63, 3.8) is 0 Å². The molecule has 0 radical (unpaired) electrons. The smallest absolute Gasteiger partial charge is 0.134 e. The van der Waals surface area contributed by atoms with E-state index in [1.165, 1.54) is 63.0 Å². The lowest BCUT2D eigenvalue weighted by Crippen LogP contribution is -2.30. The third-order valence-corrected chi connectivity index (χ3v) is 7.72. The standard InChI is InChI=1S/C30H37FO/c1-3-5-7-22-8-9-27-20-26(15-14-25(27)19-22)23-10-12-24(13-11-23)29-17-16-28(21-30(29)31)32-18-6-4-2/h3-4,6,10-13,16-17,21-22,25-27H,1,5,7-9,14-15,18-20H2,2H3/b6-4+. The van der Waals surface area contributed by atoms with Crippen LogP contribution in [0.1, 0.15) is 69.8 Å². The Kier molecular flexibility index (Phi) is 7.84. The maximum Gasteiger partial charge on any atom is 0.134 e. The van der Waals surface area contributed by atoms with Crippen LogP contribution in [0.25, 0.3) is 11.1 Å². The largest absolute Gasteiger partial charge is 0.489 e. The topological polar surface area (TPSA) is 9.23 Å². The highest BCUT2D eigenvalue weighted by molar-refractivity contribution is 5.65. The number of rotatable bonds is 8. The summed E-state index contributed by atoms with van der Waals surface area (Å²) in [5.41, 5.74) is 2.99. The maximum absolute atomic E-state index is 14.7. The molecule has 4 atom stereocenters. The number of ether oxygens (including phenoxy) is 1. The molecule has 0 aromatic heterocycles. The van der Waals surface area contributed by atoms with Crippen molar-refractivity contribution in [2.75, 3.05) is 6.61 Å². The molecule has 2 saturated carbocycles. The number of hydrogen-bond acceptors (Lipinski definition) is 1. The highest BCUT2D eigenvalue weighted by Gasteiger charge is 2.35. The number of fused-ring (bicyclic) bond motifs is 1. The van der Waals surface area contributed by atoms with Gasteiger partial charge in [-0.2, -0.15) is 0 Å². The predicted molar refractivity (Wildman–Crippen MR) is 132 cm³/mol. The van der Waals surface area contributed by atoms with Crippen molar-refractivity contribution in [2.45, 2.75) is 64.2 Å². The van der Waals surface area contributed by atoms with Gasteiger partial charge >= 0.3 is 0 Å². The Morgan fingerprint density at radius 3 is 2.53 bits per heavy atom. The lowest BCUT2D eigenvalue weighted by atomic mass is 9.63. The zero-order chi connectivity index (χ0) is 22.3. The van der Waals surface area contributed by atoms with Crippen molar-refractivity contribution >= 4 is 0 Å². The molecular formula is C30H37FO. The molecule has 2 heteroatoms. The van der Waals surface area contributed by atoms with Crippen molar-refractivity contribution in [3.05, 3.63) is 78.7 Å². The molecule has 0 bridgehead atoms. The minimum absolute atomic E-state index is 0.232. The van der Waals surface area contributed by atoms with Crippen LogP contribution >= 0.6 is 0 Å². The molecule has 4 unspecified atom stereocenters. The second-order valence-corrected chi connectivity index (χ2v) is 9.72. The molecule has 2 aromatic carbocycles. The Bertz CT molecular complexity index is 913. The predicted octanol–water partition coefficient (Wildman–Crippen LogP) is 8.71. The minimum Gasteiger partial charge on any atom is -0.489 e. The maximum atomic E-state index is 14.7. The third-order valence-electron chi connectivity index (χ3n) is 7.72. The highest BCUT2D eigenvalue weighted by atomic mass is 19.1. The first-order valence-corrected chi connectivity index (χ1v) is 12.4. The summed E-state index contributed by atoms with van der Waals surface area (Å²) < 4.78 is 20.2. The van der Waals surface area contributed by atoms with E-state index in [2.05, 4.69) is 36.9 Å². The molecule has 0 saturated heterocycles. The Morgan fingerprint density at radius 1 is 1.00 bits per heavy atom. The first kappa shape index (κ1) is 22.8. The van der Waals surface area contributed by atoms with Gasteiger partial charge in [0.1, 0.15) is 18.2 Å². The van der Waals surface area contributed by atoms with Gasteiger partial charge in [-0.25, -0.2) is 4.39 Å². The van der Waals surface area contributed by atoms with E-state index in [9.17, 15) is 4.39 Å². The zero-order valence-corrected chi connectivity index (χ0v) is 19.4. The number of hydrogen-bond donors (Lipinski definition) is 0. The van der Waals surface area contributed by atoms with Crippen molar-refractivity contribution < 1.29 is 9.13 Å². The van der Waals surface area contributed by atoms with E-state index < -0.39 is 0 Å². The van der Waals surface area contributed by atoms with Crippen LogP contribution in [0.5, 0.6) is 5.75 Å². The highest BCUT2D eigenvalue weighted by Crippen LogP contribution is 2.48. The van der Waals surface area contributed by atoms with Crippen LogP contribution in [0.2, 0.25) is 0 Å². The summed E-state index contributed by atoms with van der Waals surface area (Å²) in [5.74, 6) is 3.72. The summed E-state index contributed by atoms with van der Waals surface area (Å²) in [5, 5.41) is 0. The molecule has 2 aromatic rings. The number of benzene rings is 2. The van der Waals surface area contributed by atoms with E-state index in [0.717, 1.165) is 23.3 Å². The van der Waals surface area contributed by atoms with E-state index >= 15 is 0 Å². The zero-order valence-electron chi connectivity index (χ0n) is 19.4. The molecule has 2 aliphatic carbocycles. The molecule has 0 aliphatic heterocycles. The van der Waals surface area contributed by atoms with Gasteiger partial charge in [0.15, 0.2) is 0 Å². The van der Waals surface area contributed by atoms with Gasteiger partial charge in [-0.1, -0.05) is 48.9 Å². The molecule has 2 fully saturated rings. The summed E-state index contributed by atoms with van der Waals surface area (Å²) >= 11 is 0. The fraction of sp³-hybridized carbons (Fsp3) is 0.467. The second-order valence-electron chi connectivity index (χ2n) is 9.72. The fourth-order valence-electron chi connectivity index (χ4n) is 5.90.